The predicted octanol–water partition coefficient (Wildman–Crippen LogP) is 2.89. The second-order valence-electron chi connectivity index (χ2n) is 4.42. The Morgan fingerprint density at radius 2 is 1.81 bits per heavy atom. The minimum Gasteiger partial charge on any atom is -0.505 e. The molecular weight excluding hydrogens is 273 g/mol. The first kappa shape index (κ1) is 14.6. The summed E-state index contributed by atoms with van der Waals surface area (Å²) < 4.78 is 13.2. The molecule has 0 aromatic heterocycles. The number of phenols is 1. The van der Waals surface area contributed by atoms with Crippen LogP contribution in [0.3, 0.4) is 0 Å². The Bertz CT molecular complexity index is 629. The minimum absolute atomic E-state index is 0.282. The maximum Gasteiger partial charge on any atom is 0.318 e. The van der Waals surface area contributed by atoms with E-state index in [0.717, 1.165) is 11.3 Å². The van der Waals surface area contributed by atoms with Gasteiger partial charge in [0.05, 0.1) is 0 Å². The Balaban J connectivity index is 1.94. The van der Waals surface area contributed by atoms with Crippen LogP contribution in [-0.4, -0.2) is 18.2 Å². The van der Waals surface area contributed by atoms with E-state index >= 15 is 0 Å². The van der Waals surface area contributed by atoms with Gasteiger partial charge in [-0.3, -0.25) is 0 Å². The van der Waals surface area contributed by atoms with Gasteiger partial charge >= 0.3 is 6.03 Å². The molecule has 110 valence electrons. The van der Waals surface area contributed by atoms with E-state index in [1.165, 1.54) is 12.1 Å². The quantitative estimate of drug-likeness (QED) is 0.699. The lowest BCUT2D eigenvalue weighted by atomic mass is 10.2. The number of anilines is 2. The molecule has 0 radical (unpaired) electrons. The van der Waals surface area contributed by atoms with Gasteiger partial charge in [0.2, 0.25) is 0 Å². The number of nitrogens with one attached hydrogen (secondary N) is 3. The molecule has 0 spiro atoms. The number of hydrogen-bond acceptors (Lipinski definition) is 3. The first-order chi connectivity index (χ1) is 10.1. The molecule has 0 fully saturated rings. The fraction of sp³-hybridized carbons (Fsp3) is 0.133. The molecule has 2 aromatic carbocycles. The van der Waals surface area contributed by atoms with Crippen molar-refractivity contribution in [3.05, 3.63) is 53.8 Å². The number of halogens is 1. The second-order valence-corrected chi connectivity index (χ2v) is 4.42. The lowest BCUT2D eigenvalue weighted by Gasteiger charge is -2.09. The SMILES string of the molecule is CNC(=O)Nc1ccc(NCc2ccc(O)c(F)c2)cc1. The van der Waals surface area contributed by atoms with Crippen LogP contribution in [-0.2, 0) is 6.54 Å². The minimum atomic E-state index is -0.639. The maximum absolute atomic E-state index is 13.2. The van der Waals surface area contributed by atoms with Gasteiger partial charge in [-0.25, -0.2) is 9.18 Å². The zero-order valence-electron chi connectivity index (χ0n) is 11.5. The highest BCUT2D eigenvalue weighted by Crippen LogP contribution is 2.18. The van der Waals surface area contributed by atoms with E-state index in [0.29, 0.717) is 12.2 Å². The Kier molecular flexibility index (Phi) is 4.61. The van der Waals surface area contributed by atoms with Crippen LogP contribution >= 0.6 is 0 Å². The van der Waals surface area contributed by atoms with Gasteiger partial charge < -0.3 is 21.1 Å². The number of carbonyl (C=O) groups excluding carboxylic acids is 1. The zero-order chi connectivity index (χ0) is 15.2. The van der Waals surface area contributed by atoms with Gasteiger partial charge in [0.25, 0.3) is 0 Å². The van der Waals surface area contributed by atoms with Gasteiger partial charge in [0.15, 0.2) is 11.6 Å². The van der Waals surface area contributed by atoms with Gasteiger partial charge in [-0.05, 0) is 42.0 Å². The topological polar surface area (TPSA) is 73.4 Å². The Morgan fingerprint density at radius 1 is 1.14 bits per heavy atom. The zero-order valence-corrected chi connectivity index (χ0v) is 11.5. The number of aromatic hydroxyl groups is 1. The average molecular weight is 289 g/mol. The molecule has 0 saturated carbocycles. The molecule has 0 aliphatic carbocycles. The van der Waals surface area contributed by atoms with Crippen molar-refractivity contribution in [1.82, 2.24) is 5.32 Å². The lowest BCUT2D eigenvalue weighted by Crippen LogP contribution is -2.24. The van der Waals surface area contributed by atoms with E-state index in [4.69, 9.17) is 5.11 Å². The summed E-state index contributed by atoms with van der Waals surface area (Å²) in [6.07, 6.45) is 0. The summed E-state index contributed by atoms with van der Waals surface area (Å²) in [4.78, 5) is 11.1. The number of rotatable bonds is 4. The van der Waals surface area contributed by atoms with Crippen molar-refractivity contribution in [2.24, 2.45) is 0 Å². The molecule has 0 unspecified atom stereocenters. The second kappa shape index (κ2) is 6.60. The van der Waals surface area contributed by atoms with Gasteiger partial charge in [-0.15, -0.1) is 0 Å². The van der Waals surface area contributed by atoms with Gasteiger partial charge in [0, 0.05) is 25.0 Å². The monoisotopic (exact) mass is 289 g/mol. The lowest BCUT2D eigenvalue weighted by molar-refractivity contribution is 0.254. The molecule has 21 heavy (non-hydrogen) atoms. The first-order valence-corrected chi connectivity index (χ1v) is 6.38. The molecule has 0 saturated heterocycles. The van der Waals surface area contributed by atoms with Gasteiger partial charge in [-0.1, -0.05) is 6.07 Å². The third kappa shape index (κ3) is 4.10. The Labute approximate surface area is 121 Å². The van der Waals surface area contributed by atoms with E-state index in [2.05, 4.69) is 16.0 Å². The molecule has 0 aliphatic heterocycles. The van der Waals surface area contributed by atoms with Crippen LogP contribution in [0.5, 0.6) is 5.75 Å². The normalized spacial score (nSPS) is 10.0. The fourth-order valence-electron chi connectivity index (χ4n) is 1.73. The van der Waals surface area contributed by atoms with Crippen LogP contribution in [0, 0.1) is 5.82 Å². The van der Waals surface area contributed by atoms with E-state index in [1.807, 2.05) is 12.1 Å². The number of amides is 2. The number of hydrogen-bond donors (Lipinski definition) is 4. The molecule has 2 rings (SSSR count). The predicted molar refractivity (Wildman–Crippen MR) is 79.9 cm³/mol. The summed E-state index contributed by atoms with van der Waals surface area (Å²) in [5.74, 6) is -0.997. The maximum atomic E-state index is 13.2. The summed E-state index contributed by atoms with van der Waals surface area (Å²) in [6.45, 7) is 0.430. The molecule has 2 amide bonds. The molecule has 4 N–H and O–H groups in total. The molecule has 0 aliphatic rings. The van der Waals surface area contributed by atoms with Gasteiger partial charge in [-0.2, -0.15) is 0 Å². The van der Waals surface area contributed by atoms with Crippen molar-refractivity contribution in [1.29, 1.82) is 0 Å². The van der Waals surface area contributed by atoms with E-state index in [-0.39, 0.29) is 11.8 Å². The van der Waals surface area contributed by atoms with Crippen LogP contribution in [0.1, 0.15) is 5.56 Å². The third-order valence-corrected chi connectivity index (χ3v) is 2.88. The molecular formula is C15H16FN3O2. The van der Waals surface area contributed by atoms with Crippen LogP contribution < -0.4 is 16.0 Å². The number of carbonyl (C=O) groups is 1. The number of benzene rings is 2. The van der Waals surface area contributed by atoms with Crippen molar-refractivity contribution in [3.63, 3.8) is 0 Å². The van der Waals surface area contributed by atoms with Gasteiger partial charge in [0.1, 0.15) is 0 Å². The standard InChI is InChI=1S/C15H16FN3O2/c1-17-15(21)19-12-5-3-11(4-6-12)18-9-10-2-7-14(20)13(16)8-10/h2-8,18,20H,9H2,1H3,(H2,17,19,21). The molecule has 5 nitrogen and oxygen atoms in total. The average Bonchev–Trinajstić information content (AvgIpc) is 2.50. The molecule has 0 heterocycles. The van der Waals surface area contributed by atoms with Crippen LogP contribution in [0.4, 0.5) is 20.6 Å². The van der Waals surface area contributed by atoms with E-state index in [1.54, 1.807) is 25.2 Å². The summed E-state index contributed by atoms with van der Waals surface area (Å²) >= 11 is 0. The van der Waals surface area contributed by atoms with Crippen LogP contribution in [0.25, 0.3) is 0 Å². The smallest absolute Gasteiger partial charge is 0.318 e. The summed E-state index contributed by atoms with van der Waals surface area (Å²) in [5.41, 5.74) is 2.24. The summed E-state index contributed by atoms with van der Waals surface area (Å²) in [6, 6.07) is 11.1. The first-order valence-electron chi connectivity index (χ1n) is 6.38. The molecule has 0 bridgehead atoms. The third-order valence-electron chi connectivity index (χ3n) is 2.88. The largest absolute Gasteiger partial charge is 0.505 e. The van der Waals surface area contributed by atoms with Crippen molar-refractivity contribution >= 4 is 17.4 Å². The molecule has 2 aromatic rings. The summed E-state index contributed by atoms with van der Waals surface area (Å²) in [7, 11) is 1.54. The van der Waals surface area contributed by atoms with Crippen LogP contribution in [0.15, 0.2) is 42.5 Å². The van der Waals surface area contributed by atoms with Crippen molar-refractivity contribution < 1.29 is 14.3 Å². The van der Waals surface area contributed by atoms with E-state index in [9.17, 15) is 9.18 Å². The Morgan fingerprint density at radius 3 is 2.43 bits per heavy atom. The number of urea groups is 1. The summed E-state index contributed by atoms with van der Waals surface area (Å²) in [5, 5.41) is 17.4. The van der Waals surface area contributed by atoms with E-state index < -0.39 is 5.82 Å². The van der Waals surface area contributed by atoms with Crippen molar-refractivity contribution in [2.75, 3.05) is 17.7 Å². The fourth-order valence-corrected chi connectivity index (χ4v) is 1.73. The highest BCUT2D eigenvalue weighted by atomic mass is 19.1. The Hall–Kier alpha value is -2.76. The van der Waals surface area contributed by atoms with Crippen molar-refractivity contribution in [3.8, 4) is 5.75 Å². The van der Waals surface area contributed by atoms with Crippen molar-refractivity contribution in [2.45, 2.75) is 6.54 Å². The highest BCUT2D eigenvalue weighted by molar-refractivity contribution is 5.89. The number of phenolic OH excluding ortho intramolecular Hbond substituents is 1. The van der Waals surface area contributed by atoms with Crippen LogP contribution in [0.2, 0.25) is 0 Å². The molecule has 6 heteroatoms. The highest BCUT2D eigenvalue weighted by Gasteiger charge is 2.02. The molecule has 0 atom stereocenters.